The standard InChI is InChI=1S/C18H19N5O2S/c24-26(25,15-4-2-1-3-5-15)16-17-20-13-6-7-14(12-13)23(17)21-18(16)22-10-8-19-9-11-22/h1-5,12,19H,6-11H2. The van der Waals surface area contributed by atoms with Crippen molar-refractivity contribution in [2.45, 2.75) is 22.6 Å². The Kier molecular flexibility index (Phi) is 3.51. The molecule has 5 rings (SSSR count). The fourth-order valence-corrected chi connectivity index (χ4v) is 5.24. The maximum absolute atomic E-state index is 13.5. The van der Waals surface area contributed by atoms with Crippen LogP contribution in [0.1, 0.15) is 11.4 Å². The minimum absolute atomic E-state index is 0.232. The zero-order chi connectivity index (χ0) is 17.7. The second kappa shape index (κ2) is 5.78. The van der Waals surface area contributed by atoms with E-state index < -0.39 is 9.84 Å². The fraction of sp³-hybridized carbons (Fsp3) is 0.333. The summed E-state index contributed by atoms with van der Waals surface area (Å²) in [5.74, 6) is 0.517. The predicted octanol–water partition coefficient (Wildman–Crippen LogP) is 1.07. The molecule has 0 radical (unpaired) electrons. The van der Waals surface area contributed by atoms with Gasteiger partial charge < -0.3 is 10.2 Å². The van der Waals surface area contributed by atoms with Crippen molar-refractivity contribution in [1.29, 1.82) is 0 Å². The van der Waals surface area contributed by atoms with Crippen molar-refractivity contribution in [3.05, 3.63) is 47.8 Å². The van der Waals surface area contributed by atoms with Crippen molar-refractivity contribution in [2.24, 2.45) is 0 Å². The molecule has 26 heavy (non-hydrogen) atoms. The summed E-state index contributed by atoms with van der Waals surface area (Å²) in [6.07, 6.45) is 1.69. The molecule has 0 saturated carbocycles. The highest BCUT2D eigenvalue weighted by Gasteiger charge is 2.33. The van der Waals surface area contributed by atoms with E-state index in [-0.39, 0.29) is 9.79 Å². The van der Waals surface area contributed by atoms with Crippen LogP contribution in [0.5, 0.6) is 0 Å². The van der Waals surface area contributed by atoms with E-state index in [4.69, 9.17) is 5.10 Å². The van der Waals surface area contributed by atoms with Crippen molar-refractivity contribution >= 4 is 21.3 Å². The molecular weight excluding hydrogens is 350 g/mol. The molecule has 0 amide bonds. The van der Waals surface area contributed by atoms with Crippen LogP contribution in [0.25, 0.3) is 5.65 Å². The second-order valence-electron chi connectivity index (χ2n) is 6.68. The molecule has 0 unspecified atom stereocenters. The number of fused-ring (bicyclic) bond motifs is 4. The average Bonchev–Trinajstić information content (AvgIpc) is 3.26. The number of sulfone groups is 1. The van der Waals surface area contributed by atoms with Crippen LogP contribution in [0.4, 0.5) is 5.82 Å². The van der Waals surface area contributed by atoms with Gasteiger partial charge in [0.15, 0.2) is 16.4 Å². The normalized spacial score (nSPS) is 17.2. The molecule has 0 spiro atoms. The number of aryl methyl sites for hydroxylation is 2. The van der Waals surface area contributed by atoms with Gasteiger partial charge in [-0.15, -0.1) is 5.10 Å². The Labute approximate surface area is 151 Å². The third kappa shape index (κ3) is 2.33. The van der Waals surface area contributed by atoms with Gasteiger partial charge in [-0.3, -0.25) is 0 Å². The first-order valence-electron chi connectivity index (χ1n) is 8.82. The van der Waals surface area contributed by atoms with Gasteiger partial charge in [0.05, 0.1) is 4.90 Å². The van der Waals surface area contributed by atoms with Gasteiger partial charge >= 0.3 is 0 Å². The molecule has 1 aliphatic heterocycles. The van der Waals surface area contributed by atoms with Gasteiger partial charge in [-0.05, 0) is 31.0 Å². The van der Waals surface area contributed by atoms with Gasteiger partial charge in [0.1, 0.15) is 0 Å². The summed E-state index contributed by atoms with van der Waals surface area (Å²) in [6, 6.07) is 10.6. The minimum Gasteiger partial charge on any atom is -0.351 e. The summed E-state index contributed by atoms with van der Waals surface area (Å²) >= 11 is 0. The number of anilines is 1. The average molecular weight is 369 g/mol. The van der Waals surface area contributed by atoms with Gasteiger partial charge in [0.25, 0.3) is 0 Å². The van der Waals surface area contributed by atoms with Crippen LogP contribution in [0.15, 0.2) is 46.2 Å². The van der Waals surface area contributed by atoms with E-state index >= 15 is 0 Å². The van der Waals surface area contributed by atoms with Gasteiger partial charge in [0.2, 0.25) is 9.84 Å². The largest absolute Gasteiger partial charge is 0.351 e. The number of piperazine rings is 1. The van der Waals surface area contributed by atoms with Crippen LogP contribution >= 0.6 is 0 Å². The number of rotatable bonds is 3. The van der Waals surface area contributed by atoms with Crippen molar-refractivity contribution < 1.29 is 8.42 Å². The van der Waals surface area contributed by atoms with Crippen molar-refractivity contribution in [3.63, 3.8) is 0 Å². The van der Waals surface area contributed by atoms with Crippen molar-refractivity contribution in [3.8, 4) is 0 Å². The molecular formula is C18H19N5O2S. The van der Waals surface area contributed by atoms with E-state index in [1.807, 2.05) is 17.0 Å². The van der Waals surface area contributed by atoms with Crippen LogP contribution in [-0.2, 0) is 22.7 Å². The van der Waals surface area contributed by atoms with Crippen LogP contribution in [0.2, 0.25) is 0 Å². The topological polar surface area (TPSA) is 79.6 Å². The molecule has 7 nitrogen and oxygen atoms in total. The first-order valence-corrected chi connectivity index (χ1v) is 10.3. The van der Waals surface area contributed by atoms with Crippen LogP contribution in [0, 0.1) is 0 Å². The predicted molar refractivity (Wildman–Crippen MR) is 97.4 cm³/mol. The van der Waals surface area contributed by atoms with E-state index in [9.17, 15) is 8.42 Å². The zero-order valence-corrected chi connectivity index (χ0v) is 15.0. The summed E-state index contributed by atoms with van der Waals surface area (Å²) < 4.78 is 28.7. The minimum atomic E-state index is -3.72. The summed E-state index contributed by atoms with van der Waals surface area (Å²) in [5, 5.41) is 8.00. The Balaban J connectivity index is 1.79. The first kappa shape index (κ1) is 15.8. The highest BCUT2D eigenvalue weighted by molar-refractivity contribution is 7.91. The summed E-state index contributed by atoms with van der Waals surface area (Å²) in [6.45, 7) is 3.07. The number of nitrogens with zero attached hydrogens (tertiary/aromatic N) is 4. The van der Waals surface area contributed by atoms with Gasteiger partial charge in [-0.2, -0.15) is 0 Å². The highest BCUT2D eigenvalue weighted by Crippen LogP contribution is 2.34. The Morgan fingerprint density at radius 1 is 1.04 bits per heavy atom. The molecule has 3 heterocycles. The Morgan fingerprint density at radius 2 is 1.81 bits per heavy atom. The van der Waals surface area contributed by atoms with Crippen molar-refractivity contribution in [1.82, 2.24) is 19.9 Å². The number of hydrogen-bond acceptors (Lipinski definition) is 6. The first-order chi connectivity index (χ1) is 12.6. The summed E-state index contributed by atoms with van der Waals surface area (Å²) in [4.78, 5) is 7.19. The number of nitrogens with one attached hydrogen (secondary N) is 1. The van der Waals surface area contributed by atoms with Crippen molar-refractivity contribution in [2.75, 3.05) is 31.1 Å². The molecule has 3 aromatic rings. The molecule has 2 aromatic heterocycles. The molecule has 1 N–H and O–H groups in total. The lowest BCUT2D eigenvalue weighted by molar-refractivity contribution is 0.576. The molecule has 0 atom stereocenters. The molecule has 1 fully saturated rings. The van der Waals surface area contributed by atoms with Crippen LogP contribution in [-0.4, -0.2) is 49.2 Å². The Hall–Kier alpha value is -2.45. The molecule has 2 bridgehead atoms. The Morgan fingerprint density at radius 3 is 2.58 bits per heavy atom. The lowest BCUT2D eigenvalue weighted by Crippen LogP contribution is -2.44. The lowest BCUT2D eigenvalue weighted by Gasteiger charge is -2.28. The van der Waals surface area contributed by atoms with Crippen LogP contribution < -0.4 is 10.2 Å². The number of benzene rings is 1. The quantitative estimate of drug-likeness (QED) is 0.744. The smallest absolute Gasteiger partial charge is 0.214 e. The monoisotopic (exact) mass is 369 g/mol. The van der Waals surface area contributed by atoms with Gasteiger partial charge in [0, 0.05) is 37.6 Å². The third-order valence-corrected chi connectivity index (χ3v) is 6.83. The third-order valence-electron chi connectivity index (χ3n) is 5.03. The maximum atomic E-state index is 13.5. The maximum Gasteiger partial charge on any atom is 0.214 e. The highest BCUT2D eigenvalue weighted by atomic mass is 32.2. The molecule has 2 aliphatic rings. The van der Waals surface area contributed by atoms with E-state index in [2.05, 4.69) is 10.3 Å². The van der Waals surface area contributed by atoms with E-state index in [1.54, 1.807) is 28.8 Å². The van der Waals surface area contributed by atoms with Gasteiger partial charge in [-0.25, -0.2) is 17.9 Å². The van der Waals surface area contributed by atoms with E-state index in [0.29, 0.717) is 11.5 Å². The SMILES string of the molecule is O=S(=O)(c1ccccc1)c1c(N2CCNCC2)nn2c3cc(nc12)CC3. The van der Waals surface area contributed by atoms with Gasteiger partial charge in [-0.1, -0.05) is 18.2 Å². The molecule has 1 saturated heterocycles. The van der Waals surface area contributed by atoms with E-state index in [1.165, 1.54) is 0 Å². The Bertz CT molecular complexity index is 1090. The molecule has 1 aliphatic carbocycles. The molecule has 1 aromatic carbocycles. The lowest BCUT2D eigenvalue weighted by atomic mass is 10.3. The second-order valence-corrected chi connectivity index (χ2v) is 8.57. The number of hydrogen-bond donors (Lipinski definition) is 1. The van der Waals surface area contributed by atoms with Crippen LogP contribution in [0.3, 0.4) is 0 Å². The summed E-state index contributed by atoms with van der Waals surface area (Å²) in [5.41, 5.74) is 2.41. The molecule has 8 heteroatoms. The molecule has 134 valence electrons. The fourth-order valence-electron chi connectivity index (χ4n) is 3.71. The summed E-state index contributed by atoms with van der Waals surface area (Å²) in [7, 11) is -3.72. The van der Waals surface area contributed by atoms with E-state index in [0.717, 1.165) is 50.4 Å². The number of aromatic nitrogens is 3. The zero-order valence-electron chi connectivity index (χ0n) is 14.2.